The number of urea groups is 1. The average molecular weight is 507 g/mol. The second kappa shape index (κ2) is 10.3. The van der Waals surface area contributed by atoms with Crippen LogP contribution in [0, 0.1) is 0 Å². The number of carbonyl (C=O) groups excluding carboxylic acids is 3. The van der Waals surface area contributed by atoms with Gasteiger partial charge < -0.3 is 25.3 Å². The van der Waals surface area contributed by atoms with Gasteiger partial charge >= 0.3 is 6.03 Å². The first-order chi connectivity index (χ1) is 15.2. The molecule has 0 spiro atoms. The normalized spacial score (nSPS) is 18.2. The second-order valence-corrected chi connectivity index (χ2v) is 8.88. The standard InChI is InChI=1S/C22H27BrN4O5/c1-3-17(14(2)23)27-11-10-25(22(27)32)9-8-24-20(30)18(28)19(29)21(31)26-12-15-6-4-5-7-16(15)13-26/h3-7,18-19,28-29H,1,8-13H2,2H3,(H,24,30)/t18-,19-/m1/s1. The molecule has 4 amide bonds. The van der Waals surface area contributed by atoms with Gasteiger partial charge in [-0.3, -0.25) is 14.5 Å². The van der Waals surface area contributed by atoms with Crippen molar-refractivity contribution in [3.8, 4) is 0 Å². The predicted molar refractivity (Wildman–Crippen MR) is 121 cm³/mol. The summed E-state index contributed by atoms with van der Waals surface area (Å²) >= 11 is 3.36. The SMILES string of the molecule is C=CC(=C(C)Br)N1CCN(CCNC(=O)[C@H](O)[C@@H](O)C(=O)N2Cc3ccccc3C2)C1=O. The third-order valence-electron chi connectivity index (χ3n) is 5.59. The number of fused-ring (bicyclic) bond motifs is 1. The van der Waals surface area contributed by atoms with Crippen LogP contribution in [0.3, 0.4) is 0 Å². The molecule has 2 heterocycles. The van der Waals surface area contributed by atoms with E-state index < -0.39 is 24.0 Å². The summed E-state index contributed by atoms with van der Waals surface area (Å²) < 4.78 is 0.791. The van der Waals surface area contributed by atoms with Crippen molar-refractivity contribution in [3.05, 3.63) is 58.2 Å². The van der Waals surface area contributed by atoms with Gasteiger partial charge in [-0.25, -0.2) is 4.79 Å². The van der Waals surface area contributed by atoms with E-state index in [9.17, 15) is 24.6 Å². The van der Waals surface area contributed by atoms with Gasteiger partial charge in [-0.1, -0.05) is 46.8 Å². The van der Waals surface area contributed by atoms with Gasteiger partial charge in [-0.05, 0) is 24.1 Å². The minimum Gasteiger partial charge on any atom is -0.380 e. The third-order valence-corrected chi connectivity index (χ3v) is 5.99. The molecule has 10 heteroatoms. The highest BCUT2D eigenvalue weighted by Crippen LogP contribution is 2.23. The summed E-state index contributed by atoms with van der Waals surface area (Å²) in [5.41, 5.74) is 2.63. The van der Waals surface area contributed by atoms with Gasteiger partial charge in [-0.2, -0.15) is 0 Å². The Morgan fingerprint density at radius 3 is 2.38 bits per heavy atom. The number of aliphatic hydroxyl groups is 2. The van der Waals surface area contributed by atoms with E-state index in [1.165, 1.54) is 4.90 Å². The molecule has 1 aromatic rings. The number of halogens is 1. The summed E-state index contributed by atoms with van der Waals surface area (Å²) in [7, 11) is 0. The Hall–Kier alpha value is -2.69. The highest BCUT2D eigenvalue weighted by Gasteiger charge is 2.36. The first kappa shape index (κ1) is 24.0. The number of hydrogen-bond acceptors (Lipinski definition) is 5. The van der Waals surface area contributed by atoms with Crippen LogP contribution < -0.4 is 5.32 Å². The van der Waals surface area contributed by atoms with E-state index in [1.54, 1.807) is 15.9 Å². The minimum absolute atomic E-state index is 0.0754. The summed E-state index contributed by atoms with van der Waals surface area (Å²) in [6.07, 6.45) is -2.17. The number of rotatable bonds is 8. The lowest BCUT2D eigenvalue weighted by molar-refractivity contribution is -0.153. The molecule has 172 valence electrons. The Bertz CT molecular complexity index is 921. The number of benzene rings is 1. The van der Waals surface area contributed by atoms with Gasteiger partial charge in [-0.15, -0.1) is 0 Å². The van der Waals surface area contributed by atoms with E-state index in [-0.39, 0.29) is 19.1 Å². The second-order valence-electron chi connectivity index (χ2n) is 7.69. The fourth-order valence-corrected chi connectivity index (χ4v) is 4.20. The molecule has 0 saturated carbocycles. The zero-order valence-electron chi connectivity index (χ0n) is 17.8. The largest absolute Gasteiger partial charge is 0.380 e. The Morgan fingerprint density at radius 2 is 1.81 bits per heavy atom. The molecule has 0 aromatic heterocycles. The van der Waals surface area contributed by atoms with Crippen LogP contribution in [-0.2, 0) is 22.7 Å². The molecule has 0 aliphatic carbocycles. The van der Waals surface area contributed by atoms with E-state index in [0.717, 1.165) is 15.6 Å². The summed E-state index contributed by atoms with van der Waals surface area (Å²) in [5, 5.41) is 22.9. The van der Waals surface area contributed by atoms with Crippen LogP contribution in [0.15, 0.2) is 47.1 Å². The highest BCUT2D eigenvalue weighted by molar-refractivity contribution is 9.11. The Morgan fingerprint density at radius 1 is 1.19 bits per heavy atom. The van der Waals surface area contributed by atoms with Crippen molar-refractivity contribution in [2.45, 2.75) is 32.2 Å². The molecule has 1 fully saturated rings. The van der Waals surface area contributed by atoms with Crippen LogP contribution in [0.4, 0.5) is 4.79 Å². The molecule has 2 aliphatic heterocycles. The van der Waals surface area contributed by atoms with Crippen LogP contribution in [-0.4, -0.2) is 81.1 Å². The molecule has 0 radical (unpaired) electrons. The third kappa shape index (κ3) is 5.03. The fraction of sp³-hybridized carbons (Fsp3) is 0.409. The van der Waals surface area contributed by atoms with Crippen LogP contribution in [0.1, 0.15) is 18.1 Å². The maximum absolute atomic E-state index is 12.6. The number of nitrogens with zero attached hydrogens (tertiary/aromatic N) is 3. The van der Waals surface area contributed by atoms with Gasteiger partial charge in [0.05, 0.1) is 5.70 Å². The van der Waals surface area contributed by atoms with Crippen molar-refractivity contribution in [1.29, 1.82) is 0 Å². The number of allylic oxidation sites excluding steroid dienone is 2. The smallest absolute Gasteiger partial charge is 0.324 e. The van der Waals surface area contributed by atoms with Crippen molar-refractivity contribution in [2.75, 3.05) is 26.2 Å². The fourth-order valence-electron chi connectivity index (χ4n) is 3.82. The zero-order chi connectivity index (χ0) is 23.4. The molecule has 2 atom stereocenters. The van der Waals surface area contributed by atoms with Gasteiger partial charge in [0.25, 0.3) is 11.8 Å². The van der Waals surface area contributed by atoms with Crippen molar-refractivity contribution in [3.63, 3.8) is 0 Å². The Balaban J connectivity index is 1.47. The predicted octanol–water partition coefficient (Wildman–Crippen LogP) is 0.917. The zero-order valence-corrected chi connectivity index (χ0v) is 19.4. The van der Waals surface area contributed by atoms with Crippen molar-refractivity contribution in [2.24, 2.45) is 0 Å². The molecular formula is C22H27BrN4O5. The van der Waals surface area contributed by atoms with Gasteiger partial charge in [0.1, 0.15) is 0 Å². The molecule has 1 aromatic carbocycles. The maximum Gasteiger partial charge on any atom is 0.324 e. The van der Waals surface area contributed by atoms with E-state index in [2.05, 4.69) is 27.8 Å². The topological polar surface area (TPSA) is 113 Å². The number of carbonyl (C=O) groups is 3. The lowest BCUT2D eigenvalue weighted by Gasteiger charge is -2.23. The van der Waals surface area contributed by atoms with Gasteiger partial charge in [0.2, 0.25) is 0 Å². The lowest BCUT2D eigenvalue weighted by atomic mass is 10.1. The average Bonchev–Trinajstić information content (AvgIpc) is 3.36. The Labute approximate surface area is 195 Å². The van der Waals surface area contributed by atoms with Crippen LogP contribution in [0.25, 0.3) is 0 Å². The number of amides is 4. The van der Waals surface area contributed by atoms with E-state index in [4.69, 9.17) is 0 Å². The summed E-state index contributed by atoms with van der Waals surface area (Å²) in [4.78, 5) is 41.9. The van der Waals surface area contributed by atoms with Crippen molar-refractivity contribution >= 4 is 33.8 Å². The number of nitrogens with one attached hydrogen (secondary N) is 1. The Kier molecular flexibility index (Phi) is 7.70. The molecule has 9 nitrogen and oxygen atoms in total. The van der Waals surface area contributed by atoms with Crippen LogP contribution in [0.2, 0.25) is 0 Å². The van der Waals surface area contributed by atoms with Crippen molar-refractivity contribution in [1.82, 2.24) is 20.0 Å². The summed E-state index contributed by atoms with van der Waals surface area (Å²) in [5.74, 6) is -1.57. The molecule has 3 N–H and O–H groups in total. The molecular weight excluding hydrogens is 480 g/mol. The molecule has 2 aliphatic rings. The number of hydrogen-bond donors (Lipinski definition) is 3. The number of aliphatic hydroxyl groups excluding tert-OH is 2. The van der Waals surface area contributed by atoms with Gasteiger partial charge in [0, 0.05) is 43.8 Å². The van der Waals surface area contributed by atoms with E-state index >= 15 is 0 Å². The molecule has 0 bridgehead atoms. The van der Waals surface area contributed by atoms with Crippen LogP contribution in [0.5, 0.6) is 0 Å². The van der Waals surface area contributed by atoms with Crippen LogP contribution >= 0.6 is 15.9 Å². The minimum atomic E-state index is -1.90. The lowest BCUT2D eigenvalue weighted by Crippen LogP contribution is -2.50. The summed E-state index contributed by atoms with van der Waals surface area (Å²) in [6.45, 7) is 7.46. The maximum atomic E-state index is 12.6. The van der Waals surface area contributed by atoms with Gasteiger partial charge in [0.15, 0.2) is 12.2 Å². The van der Waals surface area contributed by atoms with E-state index in [1.807, 2.05) is 31.2 Å². The molecule has 3 rings (SSSR count). The quantitative estimate of drug-likeness (QED) is 0.453. The first-order valence-corrected chi connectivity index (χ1v) is 11.1. The first-order valence-electron chi connectivity index (χ1n) is 10.3. The highest BCUT2D eigenvalue weighted by atomic mass is 79.9. The molecule has 1 saturated heterocycles. The molecule has 0 unspecified atom stereocenters. The summed E-state index contributed by atoms with van der Waals surface area (Å²) in [6, 6.07) is 7.31. The monoisotopic (exact) mass is 506 g/mol. The van der Waals surface area contributed by atoms with E-state index in [0.29, 0.717) is 31.9 Å². The molecule has 32 heavy (non-hydrogen) atoms. The van der Waals surface area contributed by atoms with Crippen molar-refractivity contribution < 1.29 is 24.6 Å².